The first-order valence-corrected chi connectivity index (χ1v) is 7.48. The molecule has 20 heavy (non-hydrogen) atoms. The molecule has 0 spiro atoms. The Balaban J connectivity index is 2.59. The van der Waals surface area contributed by atoms with Crippen LogP contribution in [0.15, 0.2) is 12.1 Å². The second kappa shape index (κ2) is 8.28. The fraction of sp³-hybridized carbons (Fsp3) is 0.647. The topological polar surface area (TPSA) is 30.5 Å². The van der Waals surface area contributed by atoms with Gasteiger partial charge in [0.05, 0.1) is 12.7 Å². The second-order valence-corrected chi connectivity index (χ2v) is 5.86. The van der Waals surface area contributed by atoms with E-state index in [2.05, 4.69) is 45.1 Å². The van der Waals surface area contributed by atoms with Crippen molar-refractivity contribution in [2.24, 2.45) is 0 Å². The summed E-state index contributed by atoms with van der Waals surface area (Å²) in [7, 11) is 0. The molecule has 0 unspecified atom stereocenters. The molecule has 1 aromatic carbocycles. The minimum Gasteiger partial charge on any atom is -0.491 e. The van der Waals surface area contributed by atoms with Gasteiger partial charge in [-0.25, -0.2) is 0 Å². The van der Waals surface area contributed by atoms with Gasteiger partial charge in [-0.2, -0.15) is 0 Å². The van der Waals surface area contributed by atoms with E-state index in [4.69, 9.17) is 9.47 Å². The molecule has 0 saturated heterocycles. The lowest BCUT2D eigenvalue weighted by molar-refractivity contribution is 0.0550. The predicted molar refractivity (Wildman–Crippen MR) is 84.5 cm³/mol. The third-order valence-corrected chi connectivity index (χ3v) is 3.02. The molecule has 1 N–H and O–H groups in total. The van der Waals surface area contributed by atoms with Crippen molar-refractivity contribution in [3.05, 3.63) is 28.8 Å². The van der Waals surface area contributed by atoms with E-state index in [0.29, 0.717) is 19.3 Å². The van der Waals surface area contributed by atoms with E-state index in [1.165, 1.54) is 16.7 Å². The van der Waals surface area contributed by atoms with E-state index in [1.54, 1.807) is 0 Å². The van der Waals surface area contributed by atoms with E-state index in [0.717, 1.165) is 12.3 Å². The molecule has 0 radical (unpaired) electrons. The summed E-state index contributed by atoms with van der Waals surface area (Å²) in [5.74, 6) is 0.991. The van der Waals surface area contributed by atoms with Crippen molar-refractivity contribution >= 4 is 0 Å². The van der Waals surface area contributed by atoms with Crippen LogP contribution >= 0.6 is 0 Å². The van der Waals surface area contributed by atoms with Crippen LogP contribution in [-0.4, -0.2) is 25.4 Å². The lowest BCUT2D eigenvalue weighted by Gasteiger charge is -2.16. The fourth-order valence-corrected chi connectivity index (χ4v) is 2.12. The number of nitrogens with one attached hydrogen (secondary N) is 1. The van der Waals surface area contributed by atoms with Crippen molar-refractivity contribution in [2.75, 3.05) is 13.2 Å². The maximum absolute atomic E-state index is 5.85. The minimum atomic E-state index is 0.255. The number of hydrogen-bond donors (Lipinski definition) is 1. The third-order valence-electron chi connectivity index (χ3n) is 3.02. The second-order valence-electron chi connectivity index (χ2n) is 5.86. The lowest BCUT2D eigenvalue weighted by Crippen LogP contribution is -2.22. The van der Waals surface area contributed by atoms with Crippen LogP contribution in [0.4, 0.5) is 0 Å². The normalized spacial score (nSPS) is 11.4. The van der Waals surface area contributed by atoms with Gasteiger partial charge in [-0.1, -0.05) is 26.0 Å². The highest BCUT2D eigenvalue weighted by molar-refractivity contribution is 5.43. The maximum Gasteiger partial charge on any atom is 0.125 e. The van der Waals surface area contributed by atoms with Crippen molar-refractivity contribution < 1.29 is 9.47 Å². The zero-order valence-corrected chi connectivity index (χ0v) is 13.7. The van der Waals surface area contributed by atoms with E-state index < -0.39 is 0 Å². The average Bonchev–Trinajstić information content (AvgIpc) is 2.34. The Morgan fingerprint density at radius 2 is 1.60 bits per heavy atom. The van der Waals surface area contributed by atoms with Crippen LogP contribution in [0.5, 0.6) is 5.75 Å². The van der Waals surface area contributed by atoms with Gasteiger partial charge < -0.3 is 14.8 Å². The highest BCUT2D eigenvalue weighted by Gasteiger charge is 2.07. The quantitative estimate of drug-likeness (QED) is 0.737. The van der Waals surface area contributed by atoms with Crippen LogP contribution in [0.25, 0.3) is 0 Å². The summed E-state index contributed by atoms with van der Waals surface area (Å²) in [5, 5.41) is 3.44. The lowest BCUT2D eigenvalue weighted by atomic mass is 10.1. The van der Waals surface area contributed by atoms with E-state index in [9.17, 15) is 0 Å². The minimum absolute atomic E-state index is 0.255. The van der Waals surface area contributed by atoms with Crippen molar-refractivity contribution in [1.82, 2.24) is 5.32 Å². The number of hydrogen-bond acceptors (Lipinski definition) is 3. The van der Waals surface area contributed by atoms with Crippen molar-refractivity contribution in [1.29, 1.82) is 0 Å². The van der Waals surface area contributed by atoms with Crippen molar-refractivity contribution in [3.63, 3.8) is 0 Å². The zero-order chi connectivity index (χ0) is 15.1. The molecule has 0 saturated carbocycles. The Kier molecular flexibility index (Phi) is 7.03. The molecule has 0 amide bonds. The summed E-state index contributed by atoms with van der Waals surface area (Å²) < 4.78 is 11.4. The van der Waals surface area contributed by atoms with Gasteiger partial charge in [-0.15, -0.1) is 0 Å². The van der Waals surface area contributed by atoms with Crippen LogP contribution in [0.3, 0.4) is 0 Å². The number of rotatable bonds is 8. The summed E-state index contributed by atoms with van der Waals surface area (Å²) in [4.78, 5) is 0. The highest BCUT2D eigenvalue weighted by atomic mass is 16.5. The third kappa shape index (κ3) is 5.93. The largest absolute Gasteiger partial charge is 0.491 e. The number of aryl methyl sites for hydroxylation is 2. The molecule has 0 bridgehead atoms. The van der Waals surface area contributed by atoms with Gasteiger partial charge >= 0.3 is 0 Å². The molecule has 114 valence electrons. The Hall–Kier alpha value is -1.06. The molecule has 0 heterocycles. The molecule has 0 aliphatic rings. The van der Waals surface area contributed by atoms with Crippen molar-refractivity contribution in [2.45, 2.75) is 60.2 Å². The molecule has 1 rings (SSSR count). The van der Waals surface area contributed by atoms with Gasteiger partial charge in [0.2, 0.25) is 0 Å². The first kappa shape index (κ1) is 17.0. The Morgan fingerprint density at radius 3 is 2.10 bits per heavy atom. The highest BCUT2D eigenvalue weighted by Crippen LogP contribution is 2.24. The van der Waals surface area contributed by atoms with Gasteiger partial charge in [-0.05, 0) is 44.4 Å². The van der Waals surface area contributed by atoms with Crippen LogP contribution in [0.2, 0.25) is 0 Å². The number of benzene rings is 1. The van der Waals surface area contributed by atoms with E-state index in [-0.39, 0.29) is 6.10 Å². The van der Waals surface area contributed by atoms with E-state index >= 15 is 0 Å². The first-order valence-electron chi connectivity index (χ1n) is 7.48. The Bertz CT molecular complexity index is 390. The monoisotopic (exact) mass is 279 g/mol. The van der Waals surface area contributed by atoms with Gasteiger partial charge in [0.15, 0.2) is 0 Å². The molecule has 0 aliphatic heterocycles. The summed E-state index contributed by atoms with van der Waals surface area (Å²) in [5.41, 5.74) is 3.68. The molecule has 3 nitrogen and oxygen atoms in total. The SMILES string of the molecule is Cc1cc(CNC(C)C)cc(C)c1OCCOC(C)C. The summed E-state index contributed by atoms with van der Waals surface area (Å²) in [6, 6.07) is 4.89. The fourth-order valence-electron chi connectivity index (χ4n) is 2.12. The molecule has 0 aliphatic carbocycles. The van der Waals surface area contributed by atoms with Crippen LogP contribution < -0.4 is 10.1 Å². The van der Waals surface area contributed by atoms with Crippen molar-refractivity contribution in [3.8, 4) is 5.75 Å². The smallest absolute Gasteiger partial charge is 0.125 e. The summed E-state index contributed by atoms with van der Waals surface area (Å²) >= 11 is 0. The van der Waals surface area contributed by atoms with Crippen LogP contribution in [0.1, 0.15) is 44.4 Å². The van der Waals surface area contributed by atoms with Gasteiger partial charge in [0, 0.05) is 12.6 Å². The summed E-state index contributed by atoms with van der Waals surface area (Å²) in [6.45, 7) is 14.7. The molecule has 0 fully saturated rings. The first-order chi connectivity index (χ1) is 9.40. The molecule has 0 aromatic heterocycles. The Morgan fingerprint density at radius 1 is 1.00 bits per heavy atom. The van der Waals surface area contributed by atoms with Crippen LogP contribution in [-0.2, 0) is 11.3 Å². The molecule has 1 aromatic rings. The standard InChI is InChI=1S/C17H29NO2/c1-12(2)18-11-16-9-14(5)17(15(6)10-16)20-8-7-19-13(3)4/h9-10,12-13,18H,7-8,11H2,1-6H3. The van der Waals surface area contributed by atoms with E-state index in [1.807, 2.05) is 13.8 Å². The maximum atomic E-state index is 5.85. The molecule has 0 atom stereocenters. The Labute approximate surface area is 123 Å². The zero-order valence-electron chi connectivity index (χ0n) is 13.7. The average molecular weight is 279 g/mol. The predicted octanol–water partition coefficient (Wildman–Crippen LogP) is 3.61. The van der Waals surface area contributed by atoms with Gasteiger partial charge in [-0.3, -0.25) is 0 Å². The number of ether oxygens (including phenoxy) is 2. The van der Waals surface area contributed by atoms with Gasteiger partial charge in [0.1, 0.15) is 12.4 Å². The van der Waals surface area contributed by atoms with Gasteiger partial charge in [0.25, 0.3) is 0 Å². The molecular formula is C17H29NO2. The molecule has 3 heteroatoms. The van der Waals surface area contributed by atoms with Crippen LogP contribution in [0, 0.1) is 13.8 Å². The summed E-state index contributed by atoms with van der Waals surface area (Å²) in [6.07, 6.45) is 0.255. The molecular weight excluding hydrogens is 250 g/mol.